The highest BCUT2D eigenvalue weighted by Crippen LogP contribution is 2.45. The molecule has 0 aliphatic heterocycles. The highest BCUT2D eigenvalue weighted by molar-refractivity contribution is 5.31. The lowest BCUT2D eigenvalue weighted by molar-refractivity contribution is -0.0995. The molecule has 1 aliphatic carbocycles. The van der Waals surface area contributed by atoms with Crippen LogP contribution in [0.1, 0.15) is 51.1 Å². The fourth-order valence-corrected chi connectivity index (χ4v) is 2.92. The zero-order valence-electron chi connectivity index (χ0n) is 12.9. The van der Waals surface area contributed by atoms with E-state index in [1.54, 1.807) is 0 Å². The Balaban J connectivity index is 2.13. The Labute approximate surface area is 122 Å². The molecule has 1 N–H and O–H groups in total. The van der Waals surface area contributed by atoms with Gasteiger partial charge in [0.1, 0.15) is 5.75 Å². The minimum Gasteiger partial charge on any atom is -0.494 e. The number of likely N-dealkylation sites (N-methyl/N-ethyl adjacent to an activating group) is 1. The summed E-state index contributed by atoms with van der Waals surface area (Å²) in [6.45, 7) is 5.99. The maximum Gasteiger partial charge on any atom is 0.119 e. The quantitative estimate of drug-likeness (QED) is 0.786. The lowest BCUT2D eigenvalue weighted by Crippen LogP contribution is -2.50. The maximum absolute atomic E-state index is 5.84. The minimum absolute atomic E-state index is 0.0260. The first-order chi connectivity index (χ1) is 9.75. The molecule has 2 rings (SSSR count). The van der Waals surface area contributed by atoms with Crippen LogP contribution in [-0.4, -0.2) is 25.9 Å². The van der Waals surface area contributed by atoms with Crippen LogP contribution in [0.3, 0.4) is 0 Å². The number of hydrogen-bond acceptors (Lipinski definition) is 3. The van der Waals surface area contributed by atoms with Gasteiger partial charge in [-0.3, -0.25) is 0 Å². The molecule has 3 nitrogen and oxygen atoms in total. The van der Waals surface area contributed by atoms with Gasteiger partial charge >= 0.3 is 0 Å². The highest BCUT2D eigenvalue weighted by Gasteiger charge is 2.44. The number of benzene rings is 1. The van der Waals surface area contributed by atoms with E-state index in [4.69, 9.17) is 9.47 Å². The van der Waals surface area contributed by atoms with Crippen molar-refractivity contribution in [3.05, 3.63) is 29.8 Å². The molecule has 1 atom stereocenters. The van der Waals surface area contributed by atoms with Gasteiger partial charge in [-0.2, -0.15) is 0 Å². The van der Waals surface area contributed by atoms with E-state index in [-0.39, 0.29) is 11.6 Å². The summed E-state index contributed by atoms with van der Waals surface area (Å²) in [5.74, 6) is 0.950. The van der Waals surface area contributed by atoms with Gasteiger partial charge in [0, 0.05) is 7.11 Å². The van der Waals surface area contributed by atoms with Crippen molar-refractivity contribution >= 4 is 0 Å². The van der Waals surface area contributed by atoms with E-state index in [2.05, 4.69) is 43.4 Å². The Morgan fingerprint density at radius 3 is 2.35 bits per heavy atom. The second kappa shape index (κ2) is 7.09. The average Bonchev–Trinajstić information content (AvgIpc) is 2.44. The molecule has 0 aromatic heterocycles. The molecule has 3 heteroatoms. The first-order valence-corrected chi connectivity index (χ1v) is 7.77. The van der Waals surface area contributed by atoms with Crippen molar-refractivity contribution in [2.75, 3.05) is 20.3 Å². The molecular weight excluding hydrogens is 250 g/mol. The van der Waals surface area contributed by atoms with Gasteiger partial charge < -0.3 is 14.8 Å². The van der Waals surface area contributed by atoms with Gasteiger partial charge in [-0.25, -0.2) is 0 Å². The van der Waals surface area contributed by atoms with Gasteiger partial charge in [0.15, 0.2) is 0 Å². The third-order valence-electron chi connectivity index (χ3n) is 4.23. The van der Waals surface area contributed by atoms with Gasteiger partial charge in [-0.05, 0) is 49.9 Å². The van der Waals surface area contributed by atoms with E-state index >= 15 is 0 Å². The van der Waals surface area contributed by atoms with E-state index in [1.165, 1.54) is 12.0 Å². The van der Waals surface area contributed by atoms with Crippen molar-refractivity contribution < 1.29 is 9.47 Å². The number of methoxy groups -OCH3 is 1. The molecule has 20 heavy (non-hydrogen) atoms. The summed E-state index contributed by atoms with van der Waals surface area (Å²) in [5.41, 5.74) is 1.26. The van der Waals surface area contributed by atoms with Crippen molar-refractivity contribution in [2.45, 2.75) is 51.2 Å². The molecular formula is C17H27NO2. The lowest BCUT2D eigenvalue weighted by atomic mass is 9.72. The Kier molecular flexibility index (Phi) is 5.44. The molecule has 112 valence electrons. The van der Waals surface area contributed by atoms with Crippen LogP contribution in [0, 0.1) is 0 Å². The van der Waals surface area contributed by atoms with Gasteiger partial charge in [-0.15, -0.1) is 0 Å². The van der Waals surface area contributed by atoms with Gasteiger partial charge in [0.25, 0.3) is 0 Å². The van der Waals surface area contributed by atoms with Crippen LogP contribution in [0.5, 0.6) is 5.75 Å². The van der Waals surface area contributed by atoms with Crippen molar-refractivity contribution in [3.8, 4) is 5.75 Å². The SMILES string of the molecule is CCCOc1ccc(C(NCC)C2(OC)CCC2)cc1. The largest absolute Gasteiger partial charge is 0.494 e. The zero-order chi connectivity index (χ0) is 14.4. The molecule has 0 saturated heterocycles. The standard InChI is InChI=1S/C17H27NO2/c1-4-13-20-15-9-7-14(8-10-15)16(18-5-2)17(19-3)11-6-12-17/h7-10,16,18H,4-6,11-13H2,1-3H3. The molecule has 1 saturated carbocycles. The van der Waals surface area contributed by atoms with Crippen LogP contribution in [0.4, 0.5) is 0 Å². The molecule has 1 unspecified atom stereocenters. The van der Waals surface area contributed by atoms with E-state index in [1.807, 2.05) is 7.11 Å². The average molecular weight is 277 g/mol. The number of nitrogens with one attached hydrogen (secondary N) is 1. The van der Waals surface area contributed by atoms with Crippen LogP contribution in [0.25, 0.3) is 0 Å². The molecule has 1 aromatic carbocycles. The first-order valence-electron chi connectivity index (χ1n) is 7.77. The molecule has 1 aromatic rings. The van der Waals surface area contributed by atoms with Crippen LogP contribution in [-0.2, 0) is 4.74 Å². The highest BCUT2D eigenvalue weighted by atomic mass is 16.5. The predicted octanol–water partition coefficient (Wildman–Crippen LogP) is 3.70. The summed E-state index contributed by atoms with van der Waals surface area (Å²) in [7, 11) is 1.84. The van der Waals surface area contributed by atoms with E-state index in [0.717, 1.165) is 38.2 Å². The maximum atomic E-state index is 5.84. The zero-order valence-corrected chi connectivity index (χ0v) is 12.9. The molecule has 1 aliphatic rings. The number of rotatable bonds is 8. The van der Waals surface area contributed by atoms with Crippen LogP contribution >= 0.6 is 0 Å². The van der Waals surface area contributed by atoms with Crippen molar-refractivity contribution in [3.63, 3.8) is 0 Å². The van der Waals surface area contributed by atoms with Crippen molar-refractivity contribution in [1.29, 1.82) is 0 Å². The normalized spacial score (nSPS) is 18.4. The summed E-state index contributed by atoms with van der Waals surface area (Å²) in [5, 5.41) is 3.59. The van der Waals surface area contributed by atoms with E-state index in [0.29, 0.717) is 0 Å². The van der Waals surface area contributed by atoms with E-state index in [9.17, 15) is 0 Å². The topological polar surface area (TPSA) is 30.5 Å². The fraction of sp³-hybridized carbons (Fsp3) is 0.647. The van der Waals surface area contributed by atoms with Crippen molar-refractivity contribution in [2.24, 2.45) is 0 Å². The fourth-order valence-electron chi connectivity index (χ4n) is 2.92. The summed E-state index contributed by atoms with van der Waals surface area (Å²) < 4.78 is 11.5. The number of hydrogen-bond donors (Lipinski definition) is 1. The second-order valence-corrected chi connectivity index (χ2v) is 5.53. The third kappa shape index (κ3) is 3.15. The molecule has 1 fully saturated rings. The molecule has 0 spiro atoms. The Hall–Kier alpha value is -1.06. The molecule has 0 bridgehead atoms. The van der Waals surface area contributed by atoms with Crippen molar-refractivity contribution in [1.82, 2.24) is 5.32 Å². The lowest BCUT2D eigenvalue weighted by Gasteiger charge is -2.47. The Morgan fingerprint density at radius 1 is 1.20 bits per heavy atom. The monoisotopic (exact) mass is 277 g/mol. The summed E-state index contributed by atoms with van der Waals surface area (Å²) in [4.78, 5) is 0. The Morgan fingerprint density at radius 2 is 1.90 bits per heavy atom. The molecule has 0 heterocycles. The summed E-state index contributed by atoms with van der Waals surface area (Å²) in [6.07, 6.45) is 4.56. The molecule has 0 amide bonds. The first kappa shape index (κ1) is 15.3. The van der Waals surface area contributed by atoms with Gasteiger partial charge in [0.05, 0.1) is 18.2 Å². The van der Waals surface area contributed by atoms with Crippen LogP contribution in [0.2, 0.25) is 0 Å². The Bertz CT molecular complexity index is 392. The second-order valence-electron chi connectivity index (χ2n) is 5.53. The van der Waals surface area contributed by atoms with Crippen LogP contribution < -0.4 is 10.1 Å². The minimum atomic E-state index is -0.0260. The summed E-state index contributed by atoms with van der Waals surface area (Å²) in [6, 6.07) is 8.73. The number of ether oxygens (including phenoxy) is 2. The third-order valence-corrected chi connectivity index (χ3v) is 4.23. The van der Waals surface area contributed by atoms with E-state index < -0.39 is 0 Å². The van der Waals surface area contributed by atoms with Crippen LogP contribution in [0.15, 0.2) is 24.3 Å². The summed E-state index contributed by atoms with van der Waals surface area (Å²) >= 11 is 0. The van der Waals surface area contributed by atoms with Gasteiger partial charge in [0.2, 0.25) is 0 Å². The predicted molar refractivity (Wildman–Crippen MR) is 82.2 cm³/mol. The van der Waals surface area contributed by atoms with Gasteiger partial charge in [-0.1, -0.05) is 26.0 Å². The smallest absolute Gasteiger partial charge is 0.119 e. The molecule has 0 radical (unpaired) electrons.